The Hall–Kier alpha value is -1.60. The van der Waals surface area contributed by atoms with Crippen LogP contribution in [-0.2, 0) is 11.3 Å². The summed E-state index contributed by atoms with van der Waals surface area (Å²) in [7, 11) is 0. The topological polar surface area (TPSA) is 61.4 Å². The molecule has 0 spiro atoms. The molecule has 3 N–H and O–H groups in total. The molecule has 7 heteroatoms. The lowest BCUT2D eigenvalue weighted by atomic mass is 9.87. The largest absolute Gasteiger partial charge is 0.471 e. The Morgan fingerprint density at radius 1 is 1.30 bits per heavy atom. The number of nitrogens with one attached hydrogen (secondary N) is 2. The quantitative estimate of drug-likeness (QED) is 0.778. The van der Waals surface area contributed by atoms with Gasteiger partial charge < -0.3 is 15.7 Å². The molecular weight excluding hydrogens is 309 g/mol. The van der Waals surface area contributed by atoms with Crippen molar-refractivity contribution >= 4 is 11.6 Å². The number of aliphatic hydroxyl groups excluding tert-OH is 1. The Kier molecular flexibility index (Phi) is 6.01. The van der Waals surface area contributed by atoms with Gasteiger partial charge in [-0.1, -0.05) is 18.6 Å². The average molecular weight is 330 g/mol. The zero-order valence-electron chi connectivity index (χ0n) is 12.7. The minimum Gasteiger partial charge on any atom is -0.393 e. The first-order chi connectivity index (χ1) is 10.8. The predicted molar refractivity (Wildman–Crippen MR) is 80.8 cm³/mol. The number of amides is 1. The van der Waals surface area contributed by atoms with Gasteiger partial charge in [0.05, 0.1) is 6.10 Å². The van der Waals surface area contributed by atoms with E-state index in [0.29, 0.717) is 12.5 Å². The maximum absolute atomic E-state index is 12.2. The van der Waals surface area contributed by atoms with Gasteiger partial charge in [-0.15, -0.1) is 0 Å². The first kappa shape index (κ1) is 17.7. The summed E-state index contributed by atoms with van der Waals surface area (Å²) in [6.45, 7) is 1.26. The van der Waals surface area contributed by atoms with Gasteiger partial charge in [0.15, 0.2) is 0 Å². The van der Waals surface area contributed by atoms with Crippen molar-refractivity contribution in [1.82, 2.24) is 5.32 Å². The van der Waals surface area contributed by atoms with Crippen molar-refractivity contribution in [3.8, 4) is 0 Å². The first-order valence-electron chi connectivity index (χ1n) is 7.70. The molecule has 1 aromatic rings. The molecule has 1 aliphatic rings. The SMILES string of the molecule is O=C(Nc1cccc(CNCC2CCCC(O)C2)c1)C(F)(F)F. The second-order valence-corrected chi connectivity index (χ2v) is 5.97. The minimum atomic E-state index is -4.89. The molecule has 128 valence electrons. The van der Waals surface area contributed by atoms with Crippen molar-refractivity contribution < 1.29 is 23.1 Å². The lowest BCUT2D eigenvalue weighted by Crippen LogP contribution is -2.30. The van der Waals surface area contributed by atoms with Crippen LogP contribution in [0.3, 0.4) is 0 Å². The fourth-order valence-electron chi connectivity index (χ4n) is 2.83. The number of anilines is 1. The fraction of sp³-hybridized carbons (Fsp3) is 0.562. The van der Waals surface area contributed by atoms with E-state index in [1.165, 1.54) is 12.1 Å². The van der Waals surface area contributed by atoms with Crippen LogP contribution in [0.1, 0.15) is 31.2 Å². The molecule has 0 heterocycles. The Labute approximate surface area is 133 Å². The maximum atomic E-state index is 12.2. The summed E-state index contributed by atoms with van der Waals surface area (Å²) in [5, 5.41) is 14.7. The molecule has 23 heavy (non-hydrogen) atoms. The van der Waals surface area contributed by atoms with Gasteiger partial charge in [-0.05, 0) is 49.4 Å². The second-order valence-electron chi connectivity index (χ2n) is 5.97. The van der Waals surface area contributed by atoms with E-state index < -0.39 is 12.1 Å². The molecule has 1 saturated carbocycles. The van der Waals surface area contributed by atoms with Gasteiger partial charge in [0.2, 0.25) is 0 Å². The molecule has 1 aliphatic carbocycles. The van der Waals surface area contributed by atoms with Crippen LogP contribution in [-0.4, -0.2) is 29.8 Å². The van der Waals surface area contributed by atoms with E-state index in [-0.39, 0.29) is 11.8 Å². The van der Waals surface area contributed by atoms with Gasteiger partial charge in [-0.3, -0.25) is 4.79 Å². The van der Waals surface area contributed by atoms with Crippen molar-refractivity contribution in [2.45, 2.75) is 44.5 Å². The maximum Gasteiger partial charge on any atom is 0.471 e. The van der Waals surface area contributed by atoms with E-state index in [0.717, 1.165) is 37.8 Å². The molecule has 0 saturated heterocycles. The molecule has 0 aromatic heterocycles. The number of aliphatic hydroxyl groups is 1. The lowest BCUT2D eigenvalue weighted by molar-refractivity contribution is -0.167. The number of carbonyl (C=O) groups excluding carboxylic acids is 1. The second kappa shape index (κ2) is 7.79. The highest BCUT2D eigenvalue weighted by molar-refractivity contribution is 5.94. The van der Waals surface area contributed by atoms with Crippen LogP contribution in [0.4, 0.5) is 18.9 Å². The van der Waals surface area contributed by atoms with Gasteiger partial charge in [-0.25, -0.2) is 0 Å². The van der Waals surface area contributed by atoms with Crippen LogP contribution in [0.15, 0.2) is 24.3 Å². The number of rotatable bonds is 5. The van der Waals surface area contributed by atoms with Gasteiger partial charge in [-0.2, -0.15) is 13.2 Å². The Bertz CT molecular complexity index is 534. The highest BCUT2D eigenvalue weighted by Crippen LogP contribution is 2.23. The van der Waals surface area contributed by atoms with Crippen LogP contribution >= 0.6 is 0 Å². The Morgan fingerprint density at radius 2 is 2.09 bits per heavy atom. The van der Waals surface area contributed by atoms with Crippen molar-refractivity contribution in [3.05, 3.63) is 29.8 Å². The van der Waals surface area contributed by atoms with Crippen LogP contribution < -0.4 is 10.6 Å². The number of carbonyl (C=O) groups is 1. The number of halogens is 3. The molecule has 0 bridgehead atoms. The zero-order chi connectivity index (χ0) is 16.9. The summed E-state index contributed by atoms with van der Waals surface area (Å²) in [6, 6.07) is 6.33. The van der Waals surface area contributed by atoms with Gasteiger partial charge in [0, 0.05) is 12.2 Å². The summed E-state index contributed by atoms with van der Waals surface area (Å²) in [6.07, 6.45) is -1.38. The number of hydrogen-bond acceptors (Lipinski definition) is 3. The third-order valence-electron chi connectivity index (χ3n) is 3.96. The highest BCUT2D eigenvalue weighted by atomic mass is 19.4. The van der Waals surface area contributed by atoms with Crippen molar-refractivity contribution in [3.63, 3.8) is 0 Å². The zero-order valence-corrected chi connectivity index (χ0v) is 12.7. The molecule has 1 aromatic carbocycles. The van der Waals surface area contributed by atoms with Crippen molar-refractivity contribution in [1.29, 1.82) is 0 Å². The predicted octanol–water partition coefficient (Wildman–Crippen LogP) is 2.83. The molecule has 0 aliphatic heterocycles. The average Bonchev–Trinajstić information content (AvgIpc) is 2.47. The number of benzene rings is 1. The minimum absolute atomic E-state index is 0.125. The molecule has 1 fully saturated rings. The fourth-order valence-corrected chi connectivity index (χ4v) is 2.83. The van der Waals surface area contributed by atoms with Crippen LogP contribution in [0.5, 0.6) is 0 Å². The number of alkyl halides is 3. The smallest absolute Gasteiger partial charge is 0.393 e. The van der Waals surface area contributed by atoms with E-state index in [1.807, 2.05) is 5.32 Å². The highest BCUT2D eigenvalue weighted by Gasteiger charge is 2.38. The summed E-state index contributed by atoms with van der Waals surface area (Å²) < 4.78 is 36.7. The third kappa shape index (κ3) is 5.84. The van der Waals surface area contributed by atoms with Crippen molar-refractivity contribution in [2.24, 2.45) is 5.92 Å². The summed E-state index contributed by atoms with van der Waals surface area (Å²) in [4.78, 5) is 10.9. The van der Waals surface area contributed by atoms with E-state index in [9.17, 15) is 23.1 Å². The molecule has 4 nitrogen and oxygen atoms in total. The van der Waals surface area contributed by atoms with Crippen LogP contribution in [0.2, 0.25) is 0 Å². The molecule has 2 rings (SSSR count). The van der Waals surface area contributed by atoms with Crippen LogP contribution in [0.25, 0.3) is 0 Å². The summed E-state index contributed by atoms with van der Waals surface area (Å²) >= 11 is 0. The summed E-state index contributed by atoms with van der Waals surface area (Å²) in [5.74, 6) is -1.55. The van der Waals surface area contributed by atoms with Gasteiger partial charge in [0.1, 0.15) is 0 Å². The molecule has 2 unspecified atom stereocenters. The Morgan fingerprint density at radius 3 is 2.78 bits per heavy atom. The molecule has 0 radical (unpaired) electrons. The normalized spacial score (nSPS) is 21.9. The lowest BCUT2D eigenvalue weighted by Gasteiger charge is -2.26. The van der Waals surface area contributed by atoms with Crippen LogP contribution in [0, 0.1) is 5.92 Å². The first-order valence-corrected chi connectivity index (χ1v) is 7.70. The van der Waals surface area contributed by atoms with Gasteiger partial charge in [0.25, 0.3) is 0 Å². The summed E-state index contributed by atoms with van der Waals surface area (Å²) in [5.41, 5.74) is 0.918. The van der Waals surface area contributed by atoms with Gasteiger partial charge >= 0.3 is 12.1 Å². The number of hydrogen-bond donors (Lipinski definition) is 3. The van der Waals surface area contributed by atoms with E-state index in [1.54, 1.807) is 12.1 Å². The van der Waals surface area contributed by atoms with E-state index in [4.69, 9.17) is 0 Å². The standard InChI is InChI=1S/C16H21F3N2O2/c17-16(18,19)15(23)21-13-5-1-3-11(7-13)9-20-10-12-4-2-6-14(22)8-12/h1,3,5,7,12,14,20,22H,2,4,6,8-10H2,(H,21,23). The molecular formula is C16H21F3N2O2. The third-order valence-corrected chi connectivity index (χ3v) is 3.96. The molecule has 1 amide bonds. The monoisotopic (exact) mass is 330 g/mol. The van der Waals surface area contributed by atoms with Crippen molar-refractivity contribution in [2.75, 3.05) is 11.9 Å². The van der Waals surface area contributed by atoms with E-state index >= 15 is 0 Å². The van der Waals surface area contributed by atoms with E-state index in [2.05, 4.69) is 5.32 Å². The Balaban J connectivity index is 1.82. The molecule has 2 atom stereocenters.